The van der Waals surface area contributed by atoms with E-state index >= 15 is 0 Å². The smallest absolute Gasteiger partial charge is 0.254 e. The average Bonchev–Trinajstić information content (AvgIpc) is 2.17. The highest BCUT2D eigenvalue weighted by Gasteiger charge is 2.10. The monoisotopic (exact) mass is 300 g/mol. The average molecular weight is 300 g/mol. The van der Waals surface area contributed by atoms with Crippen molar-refractivity contribution < 1.29 is 4.79 Å². The highest BCUT2D eigenvalue weighted by Crippen LogP contribution is 2.09. The molecule has 0 spiro atoms. The Labute approximate surface area is 96.5 Å². The van der Waals surface area contributed by atoms with Crippen LogP contribution in [0.15, 0.2) is 24.3 Å². The molecule has 0 unspecified atom stereocenters. The quantitative estimate of drug-likeness (QED) is 0.618. The molecule has 0 aliphatic heterocycles. The Balaban J connectivity index is 2.85. The zero-order valence-electron chi connectivity index (χ0n) is 7.70. The normalized spacial score (nSPS) is 9.21. The number of carbonyl (C=O) groups excluding carboxylic acids is 1. The van der Waals surface area contributed by atoms with Gasteiger partial charge in [0.25, 0.3) is 5.91 Å². The fourth-order valence-corrected chi connectivity index (χ4v) is 1.56. The van der Waals surface area contributed by atoms with Gasteiger partial charge in [-0.15, -0.1) is 0 Å². The van der Waals surface area contributed by atoms with E-state index in [-0.39, 0.29) is 12.5 Å². The molecule has 4 heteroatoms. The predicted molar refractivity (Wildman–Crippen MR) is 61.7 cm³/mol. The maximum absolute atomic E-state index is 11.7. The first-order chi connectivity index (χ1) is 6.65. The summed E-state index contributed by atoms with van der Waals surface area (Å²) in [5.74, 6) is -0.120. The van der Waals surface area contributed by atoms with E-state index in [2.05, 4.69) is 22.6 Å². The van der Waals surface area contributed by atoms with Gasteiger partial charge in [0.05, 0.1) is 6.07 Å². The molecule has 0 saturated heterocycles. The summed E-state index contributed by atoms with van der Waals surface area (Å²) in [6.45, 7) is 0.115. The molecule has 0 aliphatic rings. The van der Waals surface area contributed by atoms with E-state index in [9.17, 15) is 4.79 Å². The van der Waals surface area contributed by atoms with Gasteiger partial charge in [-0.2, -0.15) is 5.26 Å². The number of amides is 1. The van der Waals surface area contributed by atoms with Gasteiger partial charge in [-0.05, 0) is 40.8 Å². The third-order valence-electron chi connectivity index (χ3n) is 1.73. The maximum Gasteiger partial charge on any atom is 0.254 e. The topological polar surface area (TPSA) is 44.1 Å². The van der Waals surface area contributed by atoms with E-state index in [1.54, 1.807) is 19.2 Å². The zero-order valence-corrected chi connectivity index (χ0v) is 9.85. The van der Waals surface area contributed by atoms with Crippen molar-refractivity contribution in [2.75, 3.05) is 13.6 Å². The van der Waals surface area contributed by atoms with E-state index in [0.29, 0.717) is 5.56 Å². The zero-order chi connectivity index (χ0) is 10.6. The molecule has 0 N–H and O–H groups in total. The Bertz CT molecular complexity index is 384. The van der Waals surface area contributed by atoms with Gasteiger partial charge in [0.15, 0.2) is 0 Å². The van der Waals surface area contributed by atoms with Crippen LogP contribution in [0.4, 0.5) is 0 Å². The number of halogens is 1. The third-order valence-corrected chi connectivity index (χ3v) is 2.40. The first-order valence-electron chi connectivity index (χ1n) is 4.03. The van der Waals surface area contributed by atoms with Crippen molar-refractivity contribution in [3.63, 3.8) is 0 Å². The summed E-state index contributed by atoms with van der Waals surface area (Å²) in [6.07, 6.45) is 0. The lowest BCUT2D eigenvalue weighted by atomic mass is 10.2. The molecular weight excluding hydrogens is 291 g/mol. The second-order valence-corrected chi connectivity index (χ2v) is 4.08. The van der Waals surface area contributed by atoms with E-state index in [0.717, 1.165) is 3.57 Å². The minimum absolute atomic E-state index is 0.115. The van der Waals surface area contributed by atoms with Crippen LogP contribution >= 0.6 is 22.6 Å². The summed E-state index contributed by atoms with van der Waals surface area (Å²) in [4.78, 5) is 13.1. The van der Waals surface area contributed by atoms with Crippen LogP contribution in [0.1, 0.15) is 10.4 Å². The Morgan fingerprint density at radius 2 is 2.36 bits per heavy atom. The summed E-state index contributed by atoms with van der Waals surface area (Å²) >= 11 is 2.15. The molecule has 0 atom stereocenters. The molecule has 0 saturated carbocycles. The first-order valence-corrected chi connectivity index (χ1v) is 5.11. The molecule has 1 aromatic rings. The minimum atomic E-state index is -0.120. The lowest BCUT2D eigenvalue weighted by Gasteiger charge is -2.12. The van der Waals surface area contributed by atoms with Crippen molar-refractivity contribution in [1.29, 1.82) is 5.26 Å². The summed E-state index contributed by atoms with van der Waals surface area (Å²) in [5, 5.41) is 8.44. The van der Waals surface area contributed by atoms with Crippen molar-refractivity contribution in [1.82, 2.24) is 4.90 Å². The number of benzene rings is 1. The van der Waals surface area contributed by atoms with Gasteiger partial charge in [-0.3, -0.25) is 4.79 Å². The molecule has 14 heavy (non-hydrogen) atoms. The fourth-order valence-electron chi connectivity index (χ4n) is 1.02. The number of nitriles is 1. The molecular formula is C10H9IN2O. The van der Waals surface area contributed by atoms with Crippen molar-refractivity contribution >= 4 is 28.5 Å². The van der Waals surface area contributed by atoms with Crippen LogP contribution in [0, 0.1) is 14.9 Å². The van der Waals surface area contributed by atoms with Gasteiger partial charge < -0.3 is 4.90 Å². The van der Waals surface area contributed by atoms with E-state index in [4.69, 9.17) is 5.26 Å². The predicted octanol–water partition coefficient (Wildman–Crippen LogP) is 1.89. The van der Waals surface area contributed by atoms with Crippen LogP contribution in [0.2, 0.25) is 0 Å². The second kappa shape index (κ2) is 4.96. The van der Waals surface area contributed by atoms with Crippen LogP contribution in [0.3, 0.4) is 0 Å². The van der Waals surface area contributed by atoms with Crippen molar-refractivity contribution in [2.45, 2.75) is 0 Å². The molecule has 0 aromatic heterocycles. The molecule has 0 aliphatic carbocycles. The fraction of sp³-hybridized carbons (Fsp3) is 0.200. The van der Waals surface area contributed by atoms with Gasteiger partial charge in [-0.25, -0.2) is 0 Å². The summed E-state index contributed by atoms with van der Waals surface area (Å²) in [7, 11) is 1.62. The van der Waals surface area contributed by atoms with Gasteiger partial charge in [0.1, 0.15) is 6.54 Å². The number of rotatable bonds is 2. The van der Waals surface area contributed by atoms with Gasteiger partial charge in [0, 0.05) is 16.2 Å². The SMILES string of the molecule is CN(CC#N)C(=O)c1cccc(I)c1. The lowest BCUT2D eigenvalue weighted by molar-refractivity contribution is 0.0812. The first kappa shape index (κ1) is 11.0. The molecule has 1 rings (SSSR count). The molecule has 1 aromatic carbocycles. The molecule has 0 heterocycles. The number of hydrogen-bond acceptors (Lipinski definition) is 2. The highest BCUT2D eigenvalue weighted by molar-refractivity contribution is 14.1. The van der Waals surface area contributed by atoms with Crippen molar-refractivity contribution in [3.05, 3.63) is 33.4 Å². The Hall–Kier alpha value is -1.09. The van der Waals surface area contributed by atoms with Crippen molar-refractivity contribution in [3.8, 4) is 6.07 Å². The number of nitrogens with zero attached hydrogens (tertiary/aromatic N) is 2. The molecule has 0 radical (unpaired) electrons. The van der Waals surface area contributed by atoms with Gasteiger partial charge in [0.2, 0.25) is 0 Å². The molecule has 3 nitrogen and oxygen atoms in total. The highest BCUT2D eigenvalue weighted by atomic mass is 127. The van der Waals surface area contributed by atoms with Crippen molar-refractivity contribution in [2.24, 2.45) is 0 Å². The Morgan fingerprint density at radius 1 is 1.64 bits per heavy atom. The van der Waals surface area contributed by atoms with E-state index < -0.39 is 0 Å². The van der Waals surface area contributed by atoms with E-state index in [1.165, 1.54) is 4.90 Å². The standard InChI is InChI=1S/C10H9IN2O/c1-13(6-5-12)10(14)8-3-2-4-9(11)7-8/h2-4,7H,6H2,1H3. The summed E-state index contributed by atoms with van der Waals surface area (Å²) in [5.41, 5.74) is 0.620. The molecule has 0 bridgehead atoms. The second-order valence-electron chi connectivity index (χ2n) is 2.83. The molecule has 1 amide bonds. The van der Waals surface area contributed by atoms with E-state index in [1.807, 2.05) is 18.2 Å². The van der Waals surface area contributed by atoms with Crippen LogP contribution in [-0.2, 0) is 0 Å². The van der Waals surface area contributed by atoms with Gasteiger partial charge >= 0.3 is 0 Å². The van der Waals surface area contributed by atoms with Gasteiger partial charge in [-0.1, -0.05) is 6.07 Å². The van der Waals surface area contributed by atoms with Crippen LogP contribution in [0.5, 0.6) is 0 Å². The summed E-state index contributed by atoms with van der Waals surface area (Å²) < 4.78 is 1.01. The molecule has 0 fully saturated rings. The van der Waals surface area contributed by atoms with Crippen LogP contribution in [0.25, 0.3) is 0 Å². The lowest BCUT2D eigenvalue weighted by Crippen LogP contribution is -2.26. The summed E-state index contributed by atoms with van der Waals surface area (Å²) in [6, 6.07) is 9.23. The van der Waals surface area contributed by atoms with Crippen LogP contribution < -0.4 is 0 Å². The Kier molecular flexibility index (Phi) is 3.89. The number of carbonyl (C=O) groups is 1. The molecule has 72 valence electrons. The van der Waals surface area contributed by atoms with Crippen LogP contribution in [-0.4, -0.2) is 24.4 Å². The number of hydrogen-bond donors (Lipinski definition) is 0. The maximum atomic E-state index is 11.7. The minimum Gasteiger partial charge on any atom is -0.328 e. The Morgan fingerprint density at radius 3 is 2.93 bits per heavy atom. The largest absolute Gasteiger partial charge is 0.328 e. The third kappa shape index (κ3) is 2.70.